The third-order valence-electron chi connectivity index (χ3n) is 4.73. The van der Waals surface area contributed by atoms with Crippen LogP contribution in [0.2, 0.25) is 0 Å². The number of carbonyl (C=O) groups is 2. The van der Waals surface area contributed by atoms with Crippen LogP contribution in [0.3, 0.4) is 0 Å². The summed E-state index contributed by atoms with van der Waals surface area (Å²) in [5, 5.41) is 10.2. The van der Waals surface area contributed by atoms with Crippen molar-refractivity contribution < 1.29 is 22.8 Å². The Hall–Kier alpha value is -2.21. The van der Waals surface area contributed by atoms with E-state index in [1.54, 1.807) is 19.9 Å². The van der Waals surface area contributed by atoms with Crippen molar-refractivity contribution in [1.82, 2.24) is 9.88 Å². The Balaban J connectivity index is 1.67. The smallest absolute Gasteiger partial charge is 0.340 e. The molecule has 1 aliphatic carbocycles. The maximum Gasteiger partial charge on any atom is 0.434 e. The second kappa shape index (κ2) is 5.91. The van der Waals surface area contributed by atoms with Crippen molar-refractivity contribution in [3.05, 3.63) is 27.7 Å². The van der Waals surface area contributed by atoms with E-state index in [4.69, 9.17) is 5.26 Å². The highest BCUT2D eigenvalue weighted by Gasteiger charge is 2.52. The Kier molecular flexibility index (Phi) is 4.22. The van der Waals surface area contributed by atoms with E-state index in [9.17, 15) is 22.8 Å². The molecular weight excluding hydrogens is 367 g/mol. The molecule has 0 bridgehead atoms. The molecule has 0 N–H and O–H groups in total. The number of Topliss-reactive ketones (excluding diaryl/α,β-unsaturated/α-hetero) is 1. The van der Waals surface area contributed by atoms with Gasteiger partial charge in [-0.25, -0.2) is 4.98 Å². The van der Waals surface area contributed by atoms with E-state index in [0.29, 0.717) is 19.5 Å². The molecule has 9 heteroatoms. The second-order valence-electron chi connectivity index (χ2n) is 7.47. The standard InChI is InChI=1S/C17H16F3N3O2S/c1-15(2)7-16(4-10(5-21)14(15)25)8-23(9-16)13(24)3-12-22-11(6-26-12)17(18,19)20/h4,6H,3,7-9H2,1-2H3. The van der Waals surface area contributed by atoms with Crippen LogP contribution in [0.15, 0.2) is 17.0 Å². The van der Waals surface area contributed by atoms with E-state index < -0.39 is 22.7 Å². The number of thiazole rings is 1. The maximum atomic E-state index is 12.6. The number of likely N-dealkylation sites (tertiary alicyclic amines) is 1. The highest BCUT2D eigenvalue weighted by Crippen LogP contribution is 2.48. The first-order chi connectivity index (χ1) is 12.0. The minimum atomic E-state index is -4.52. The largest absolute Gasteiger partial charge is 0.434 e. The van der Waals surface area contributed by atoms with Gasteiger partial charge in [0.1, 0.15) is 11.1 Å². The average Bonchev–Trinajstić information content (AvgIpc) is 2.96. The number of rotatable bonds is 2. The molecule has 0 radical (unpaired) electrons. The van der Waals surface area contributed by atoms with Crippen molar-refractivity contribution in [2.75, 3.05) is 13.1 Å². The van der Waals surface area contributed by atoms with Crippen LogP contribution < -0.4 is 0 Å². The van der Waals surface area contributed by atoms with Crippen molar-refractivity contribution in [2.45, 2.75) is 32.9 Å². The summed E-state index contributed by atoms with van der Waals surface area (Å²) in [6, 6.07) is 1.93. The van der Waals surface area contributed by atoms with Gasteiger partial charge in [-0.1, -0.05) is 19.9 Å². The predicted molar refractivity (Wildman–Crippen MR) is 86.9 cm³/mol. The molecule has 1 aromatic rings. The molecule has 0 unspecified atom stereocenters. The Labute approximate surface area is 152 Å². The number of aromatic nitrogens is 1. The predicted octanol–water partition coefficient (Wildman–Crippen LogP) is 2.98. The summed E-state index contributed by atoms with van der Waals surface area (Å²) in [4.78, 5) is 29.5. The first kappa shape index (κ1) is 18.6. The molecular formula is C17H16F3N3O2S. The lowest BCUT2D eigenvalue weighted by molar-refractivity contribution is -0.144. The van der Waals surface area contributed by atoms with E-state index in [1.165, 1.54) is 4.90 Å². The molecule has 2 aliphatic rings. The molecule has 1 spiro atoms. The van der Waals surface area contributed by atoms with E-state index in [0.717, 1.165) is 16.7 Å². The van der Waals surface area contributed by atoms with Crippen molar-refractivity contribution in [3.63, 3.8) is 0 Å². The normalized spacial score (nSPS) is 21.2. The zero-order chi connectivity index (χ0) is 19.3. The fourth-order valence-corrected chi connectivity index (χ4v) is 4.48. The monoisotopic (exact) mass is 383 g/mol. The number of hydrogen-bond donors (Lipinski definition) is 0. The second-order valence-corrected chi connectivity index (χ2v) is 8.42. The zero-order valence-electron chi connectivity index (χ0n) is 14.2. The van der Waals surface area contributed by atoms with E-state index in [-0.39, 0.29) is 28.7 Å². The van der Waals surface area contributed by atoms with E-state index in [2.05, 4.69) is 4.98 Å². The number of alkyl halides is 3. The molecule has 5 nitrogen and oxygen atoms in total. The fraction of sp³-hybridized carbons (Fsp3) is 0.529. The van der Waals surface area contributed by atoms with Crippen molar-refractivity contribution in [1.29, 1.82) is 5.26 Å². The molecule has 138 valence electrons. The van der Waals surface area contributed by atoms with Gasteiger partial charge in [0.25, 0.3) is 0 Å². The van der Waals surface area contributed by atoms with E-state index in [1.807, 2.05) is 6.07 Å². The van der Waals surface area contributed by atoms with Gasteiger partial charge in [-0.3, -0.25) is 9.59 Å². The maximum absolute atomic E-state index is 12.6. The molecule has 1 saturated heterocycles. The molecule has 0 aromatic carbocycles. The van der Waals surface area contributed by atoms with Gasteiger partial charge in [0, 0.05) is 29.3 Å². The molecule has 0 atom stereocenters. The summed E-state index contributed by atoms with van der Waals surface area (Å²) in [7, 11) is 0. The van der Waals surface area contributed by atoms with Gasteiger partial charge < -0.3 is 4.90 Å². The van der Waals surface area contributed by atoms with Crippen LogP contribution in [0.5, 0.6) is 0 Å². The SMILES string of the molecule is CC1(C)CC2(C=C(C#N)C1=O)CN(C(=O)Cc1nc(C(F)(F)F)cs1)C2. The Morgan fingerprint density at radius 1 is 1.42 bits per heavy atom. The van der Waals surface area contributed by atoms with Crippen LogP contribution in [0.4, 0.5) is 13.2 Å². The summed E-state index contributed by atoms with van der Waals surface area (Å²) < 4.78 is 37.7. The number of amides is 1. The lowest BCUT2D eigenvalue weighted by atomic mass is 9.61. The molecule has 3 rings (SSSR count). The third-order valence-corrected chi connectivity index (χ3v) is 5.58. The van der Waals surface area contributed by atoms with Crippen molar-refractivity contribution in [2.24, 2.45) is 10.8 Å². The van der Waals surface area contributed by atoms with Crippen LogP contribution in [0.1, 0.15) is 31.0 Å². The highest BCUT2D eigenvalue weighted by molar-refractivity contribution is 7.09. The Bertz CT molecular complexity index is 842. The minimum Gasteiger partial charge on any atom is -0.340 e. The Morgan fingerprint density at radius 3 is 2.62 bits per heavy atom. The Morgan fingerprint density at radius 2 is 2.08 bits per heavy atom. The van der Waals surface area contributed by atoms with Crippen LogP contribution >= 0.6 is 11.3 Å². The zero-order valence-corrected chi connectivity index (χ0v) is 15.0. The molecule has 1 aromatic heterocycles. The van der Waals surface area contributed by atoms with Crippen LogP contribution in [0, 0.1) is 22.2 Å². The molecule has 1 amide bonds. The van der Waals surface area contributed by atoms with Gasteiger partial charge in [0.15, 0.2) is 11.5 Å². The average molecular weight is 383 g/mol. The van der Waals surface area contributed by atoms with Gasteiger partial charge in [0.2, 0.25) is 5.91 Å². The summed E-state index contributed by atoms with van der Waals surface area (Å²) >= 11 is 0.810. The topological polar surface area (TPSA) is 74.1 Å². The van der Waals surface area contributed by atoms with Crippen molar-refractivity contribution in [3.8, 4) is 6.07 Å². The van der Waals surface area contributed by atoms with Crippen LogP contribution in [-0.2, 0) is 22.2 Å². The molecule has 1 aliphatic heterocycles. The van der Waals surface area contributed by atoms with Crippen LogP contribution in [0.25, 0.3) is 0 Å². The van der Waals surface area contributed by atoms with E-state index >= 15 is 0 Å². The lowest BCUT2D eigenvalue weighted by Crippen LogP contribution is -2.61. The first-order valence-corrected chi connectivity index (χ1v) is 8.81. The summed E-state index contributed by atoms with van der Waals surface area (Å²) in [5.74, 6) is -0.502. The highest BCUT2D eigenvalue weighted by atomic mass is 32.1. The van der Waals surface area contributed by atoms with Gasteiger partial charge in [-0.2, -0.15) is 18.4 Å². The quantitative estimate of drug-likeness (QED) is 0.787. The molecule has 26 heavy (non-hydrogen) atoms. The number of nitriles is 1. The number of allylic oxidation sites excluding steroid dienone is 1. The number of ketones is 1. The number of carbonyl (C=O) groups excluding carboxylic acids is 2. The first-order valence-electron chi connectivity index (χ1n) is 7.93. The van der Waals surface area contributed by atoms with Crippen molar-refractivity contribution >= 4 is 23.0 Å². The minimum absolute atomic E-state index is 0.114. The molecule has 1 fully saturated rings. The molecule has 0 saturated carbocycles. The van der Waals surface area contributed by atoms with Gasteiger partial charge >= 0.3 is 6.18 Å². The number of nitrogens with zero attached hydrogens (tertiary/aromatic N) is 3. The number of halogens is 3. The summed E-state index contributed by atoms with van der Waals surface area (Å²) in [6.45, 7) is 4.26. The molecule has 2 heterocycles. The van der Waals surface area contributed by atoms with Gasteiger partial charge in [-0.15, -0.1) is 11.3 Å². The fourth-order valence-electron chi connectivity index (χ4n) is 3.69. The van der Waals surface area contributed by atoms with Gasteiger partial charge in [0.05, 0.1) is 12.0 Å². The summed E-state index contributed by atoms with van der Waals surface area (Å²) in [6.07, 6.45) is -2.52. The van der Waals surface area contributed by atoms with Crippen LogP contribution in [-0.4, -0.2) is 34.7 Å². The lowest BCUT2D eigenvalue weighted by Gasteiger charge is -2.53. The van der Waals surface area contributed by atoms with Gasteiger partial charge in [-0.05, 0) is 6.42 Å². The summed E-state index contributed by atoms with van der Waals surface area (Å²) in [5.41, 5.74) is -1.97. The number of hydrogen-bond acceptors (Lipinski definition) is 5. The third kappa shape index (κ3) is 3.26.